The van der Waals surface area contributed by atoms with E-state index in [-0.39, 0.29) is 29.9 Å². The van der Waals surface area contributed by atoms with Gasteiger partial charge in [0.1, 0.15) is 18.2 Å². The third-order valence-electron chi connectivity index (χ3n) is 4.68. The summed E-state index contributed by atoms with van der Waals surface area (Å²) in [6.45, 7) is 2.09. The first-order chi connectivity index (χ1) is 14.5. The molecule has 1 aromatic carbocycles. The summed E-state index contributed by atoms with van der Waals surface area (Å²) in [5.74, 6) is 0.305. The number of nitrogens with zero attached hydrogens (tertiary/aromatic N) is 4. The van der Waals surface area contributed by atoms with Crippen molar-refractivity contribution in [3.8, 4) is 5.69 Å². The van der Waals surface area contributed by atoms with Crippen molar-refractivity contribution < 1.29 is 14.1 Å². The highest BCUT2D eigenvalue weighted by Crippen LogP contribution is 2.18. The van der Waals surface area contributed by atoms with Crippen LogP contribution >= 0.6 is 0 Å². The lowest BCUT2D eigenvalue weighted by Gasteiger charge is -2.14. The summed E-state index contributed by atoms with van der Waals surface area (Å²) in [4.78, 5) is 22.7. The maximum Gasteiger partial charge on any atom is 0.307 e. The molecule has 0 spiro atoms. The van der Waals surface area contributed by atoms with Gasteiger partial charge in [-0.1, -0.05) is 12.1 Å². The Labute approximate surface area is 171 Å². The van der Waals surface area contributed by atoms with Gasteiger partial charge in [0, 0.05) is 18.1 Å². The molecule has 0 bridgehead atoms. The van der Waals surface area contributed by atoms with Crippen molar-refractivity contribution in [3.63, 3.8) is 0 Å². The van der Waals surface area contributed by atoms with E-state index in [4.69, 9.17) is 4.42 Å². The number of benzene rings is 1. The van der Waals surface area contributed by atoms with Crippen molar-refractivity contribution in [2.24, 2.45) is 0 Å². The number of nitrogens with one attached hydrogen (secondary N) is 1. The number of carbonyl (C=O) groups excluding carboxylic acids is 1. The molecule has 4 rings (SSSR count). The van der Waals surface area contributed by atoms with Crippen LogP contribution in [0.3, 0.4) is 0 Å². The van der Waals surface area contributed by atoms with Gasteiger partial charge in [-0.05, 0) is 48.9 Å². The molecule has 4 aromatic rings. The van der Waals surface area contributed by atoms with Crippen LogP contribution in [0.2, 0.25) is 0 Å². The molecule has 0 saturated heterocycles. The van der Waals surface area contributed by atoms with Gasteiger partial charge in [-0.25, -0.2) is 0 Å². The third-order valence-corrected chi connectivity index (χ3v) is 4.68. The number of amides is 1. The van der Waals surface area contributed by atoms with Crippen molar-refractivity contribution in [2.75, 3.05) is 0 Å². The maximum absolute atomic E-state index is 12.5. The number of nitro groups is 1. The van der Waals surface area contributed by atoms with E-state index < -0.39 is 4.92 Å². The van der Waals surface area contributed by atoms with Gasteiger partial charge in [-0.2, -0.15) is 5.10 Å². The third kappa shape index (κ3) is 4.14. The highest BCUT2D eigenvalue weighted by Gasteiger charge is 2.16. The summed E-state index contributed by atoms with van der Waals surface area (Å²) < 4.78 is 8.97. The van der Waals surface area contributed by atoms with Crippen LogP contribution in [-0.2, 0) is 6.54 Å². The van der Waals surface area contributed by atoms with Crippen LogP contribution in [0, 0.1) is 10.1 Å². The largest absolute Gasteiger partial charge is 0.454 e. The molecule has 152 valence electrons. The van der Waals surface area contributed by atoms with E-state index in [0.717, 1.165) is 11.3 Å². The highest BCUT2D eigenvalue weighted by molar-refractivity contribution is 5.91. The predicted molar refractivity (Wildman–Crippen MR) is 108 cm³/mol. The van der Waals surface area contributed by atoms with E-state index in [2.05, 4.69) is 10.4 Å². The molecule has 3 aromatic heterocycles. The smallest absolute Gasteiger partial charge is 0.307 e. The zero-order valence-electron chi connectivity index (χ0n) is 16.1. The molecule has 9 nitrogen and oxygen atoms in total. The molecular formula is C21H19N5O4. The highest BCUT2D eigenvalue weighted by atomic mass is 16.6. The molecule has 0 saturated carbocycles. The molecule has 0 aliphatic heterocycles. The van der Waals surface area contributed by atoms with Crippen LogP contribution in [0.5, 0.6) is 0 Å². The van der Waals surface area contributed by atoms with Crippen molar-refractivity contribution >= 4 is 11.6 Å². The van der Waals surface area contributed by atoms with E-state index >= 15 is 0 Å². The normalized spacial score (nSPS) is 11.9. The Morgan fingerprint density at radius 3 is 2.60 bits per heavy atom. The Bertz CT molecular complexity index is 1160. The Hall–Kier alpha value is -4.14. The number of hydrogen-bond acceptors (Lipinski definition) is 5. The van der Waals surface area contributed by atoms with Crippen LogP contribution in [0.1, 0.15) is 34.8 Å². The van der Waals surface area contributed by atoms with Crippen molar-refractivity contribution in [3.05, 3.63) is 101 Å². The lowest BCUT2D eigenvalue weighted by molar-refractivity contribution is -0.385. The van der Waals surface area contributed by atoms with Crippen molar-refractivity contribution in [1.29, 1.82) is 0 Å². The molecule has 0 fully saturated rings. The standard InChI is InChI=1S/C21H19N5O4/c1-15(16-4-6-17(7-5-16)24-10-2-3-11-24)23-21(27)20-9-8-19(30-20)14-25-13-18(12-22-25)26(28)29/h2-13,15H,14H2,1H3,(H,23,27). The van der Waals surface area contributed by atoms with Gasteiger partial charge in [-0.3, -0.25) is 19.6 Å². The van der Waals surface area contributed by atoms with Gasteiger partial charge in [-0.15, -0.1) is 0 Å². The second kappa shape index (κ2) is 8.08. The fourth-order valence-electron chi connectivity index (χ4n) is 3.07. The number of carbonyl (C=O) groups is 1. The molecule has 1 unspecified atom stereocenters. The molecule has 1 amide bonds. The molecule has 9 heteroatoms. The van der Waals surface area contributed by atoms with Crippen LogP contribution in [0.15, 0.2) is 77.7 Å². The summed E-state index contributed by atoms with van der Waals surface area (Å²) >= 11 is 0. The molecule has 1 N–H and O–H groups in total. The summed E-state index contributed by atoms with van der Waals surface area (Å²) in [5, 5.41) is 17.6. The minimum Gasteiger partial charge on any atom is -0.454 e. The quantitative estimate of drug-likeness (QED) is 0.372. The van der Waals surface area contributed by atoms with Crippen LogP contribution < -0.4 is 5.32 Å². The summed E-state index contributed by atoms with van der Waals surface area (Å²) in [7, 11) is 0. The zero-order chi connectivity index (χ0) is 21.1. The lowest BCUT2D eigenvalue weighted by atomic mass is 10.1. The van der Waals surface area contributed by atoms with Gasteiger partial charge in [0.05, 0.1) is 17.5 Å². The molecule has 1 atom stereocenters. The first-order valence-corrected chi connectivity index (χ1v) is 9.29. The van der Waals surface area contributed by atoms with Crippen LogP contribution in [0.4, 0.5) is 5.69 Å². The Kier molecular flexibility index (Phi) is 5.17. The zero-order valence-corrected chi connectivity index (χ0v) is 16.1. The monoisotopic (exact) mass is 405 g/mol. The Balaban J connectivity index is 1.38. The first-order valence-electron chi connectivity index (χ1n) is 9.29. The second-order valence-electron chi connectivity index (χ2n) is 6.80. The molecule has 30 heavy (non-hydrogen) atoms. The topological polar surface area (TPSA) is 108 Å². The van der Waals surface area contributed by atoms with Crippen molar-refractivity contribution in [2.45, 2.75) is 19.5 Å². The SMILES string of the molecule is CC(NC(=O)c1ccc(Cn2cc([N+](=O)[O-])cn2)o1)c1ccc(-n2cccc2)cc1. The van der Waals surface area contributed by atoms with Crippen molar-refractivity contribution in [1.82, 2.24) is 19.7 Å². The fraction of sp³-hybridized carbons (Fsp3) is 0.143. The summed E-state index contributed by atoms with van der Waals surface area (Å²) in [6.07, 6.45) is 6.41. The van der Waals surface area contributed by atoms with Crippen LogP contribution in [-0.4, -0.2) is 25.2 Å². The Morgan fingerprint density at radius 1 is 1.20 bits per heavy atom. The summed E-state index contributed by atoms with van der Waals surface area (Å²) in [5.41, 5.74) is 1.91. The molecular weight excluding hydrogens is 386 g/mol. The average molecular weight is 405 g/mol. The van der Waals surface area contributed by atoms with Gasteiger partial charge >= 0.3 is 5.69 Å². The van der Waals surface area contributed by atoms with Gasteiger partial charge < -0.3 is 14.3 Å². The number of aromatic nitrogens is 3. The van der Waals surface area contributed by atoms with E-state index in [1.165, 1.54) is 17.1 Å². The lowest BCUT2D eigenvalue weighted by Crippen LogP contribution is -2.26. The van der Waals surface area contributed by atoms with Crippen LogP contribution in [0.25, 0.3) is 5.69 Å². The molecule has 0 aliphatic carbocycles. The van der Waals surface area contributed by atoms with E-state index in [1.54, 1.807) is 12.1 Å². The Morgan fingerprint density at radius 2 is 1.93 bits per heavy atom. The maximum atomic E-state index is 12.5. The fourth-order valence-corrected chi connectivity index (χ4v) is 3.07. The van der Waals surface area contributed by atoms with Gasteiger partial charge in [0.2, 0.25) is 0 Å². The number of hydrogen-bond donors (Lipinski definition) is 1. The average Bonchev–Trinajstić information content (AvgIpc) is 3.50. The van der Waals surface area contributed by atoms with Gasteiger partial charge in [0.25, 0.3) is 5.91 Å². The predicted octanol–water partition coefficient (Wildman–Crippen LogP) is 3.71. The molecule has 0 radical (unpaired) electrons. The molecule has 0 aliphatic rings. The summed E-state index contributed by atoms with van der Waals surface area (Å²) in [6, 6.07) is 14.9. The minimum atomic E-state index is -0.517. The first kappa shape index (κ1) is 19.2. The minimum absolute atomic E-state index is 0.101. The van der Waals surface area contributed by atoms with E-state index in [1.807, 2.05) is 60.3 Å². The van der Waals surface area contributed by atoms with E-state index in [9.17, 15) is 14.9 Å². The van der Waals surface area contributed by atoms with E-state index in [0.29, 0.717) is 5.76 Å². The number of rotatable bonds is 7. The van der Waals surface area contributed by atoms with Gasteiger partial charge in [0.15, 0.2) is 5.76 Å². The molecule has 3 heterocycles. The number of furan rings is 1. The second-order valence-corrected chi connectivity index (χ2v) is 6.80.